The number of benzene rings is 2. The van der Waals surface area contributed by atoms with Gasteiger partial charge in [0.2, 0.25) is 0 Å². The number of fused-ring (bicyclic) bond motifs is 7. The summed E-state index contributed by atoms with van der Waals surface area (Å²) in [6.07, 6.45) is -0.626. The standard InChI is InChI=1S/C38H34N6O4S4/c1-17(45)47-25-27-29(51-35(49-27)23-31(37(3,4)5)41-43-21-15-11-9-13-19(21)39-33(23)43)26(48-18(2)46)30-28(25)50-36(52-30)24-32(38(6,7)8)42-44-22-16-12-10-14-20(22)40-34(24)44/h9-16,25,27H,1-8H3/b35-23+,36-24-. The molecule has 0 N–H and O–H groups in total. The zero-order valence-corrected chi connectivity index (χ0v) is 33.0. The van der Waals surface area contributed by atoms with Gasteiger partial charge < -0.3 is 9.47 Å². The van der Waals surface area contributed by atoms with Gasteiger partial charge in [0.25, 0.3) is 0 Å². The SMILES string of the molecule is CC(=O)OC1=C2S/C(=c3\c(C(C)(C)C)nn4c3nc3ccccc34)SC2C(OC(C)=O)C2=C1S/C(=c1/c(C(C)(C)C)nn3c1nc1ccccc13)S2. The Labute approximate surface area is 315 Å². The number of imidazole rings is 2. The lowest BCUT2D eigenvalue weighted by atomic mass is 9.91. The van der Waals surface area contributed by atoms with Crippen molar-refractivity contribution in [1.29, 1.82) is 0 Å². The number of para-hydroxylation sites is 4. The molecule has 3 aliphatic rings. The Balaban J connectivity index is 1.27. The minimum Gasteiger partial charge on any atom is -0.455 e. The summed E-state index contributed by atoms with van der Waals surface area (Å²) in [7, 11) is 0. The number of hydrogen-bond acceptors (Lipinski definition) is 12. The van der Waals surface area contributed by atoms with E-state index in [4.69, 9.17) is 29.6 Å². The van der Waals surface area contributed by atoms with E-state index in [9.17, 15) is 9.59 Å². The first kappa shape index (κ1) is 33.8. The molecule has 10 nitrogen and oxygen atoms in total. The molecule has 0 spiro atoms. The fourth-order valence-electron chi connectivity index (χ4n) is 6.87. The topological polar surface area (TPSA) is 113 Å². The molecule has 0 amide bonds. The average Bonchev–Trinajstić information content (AvgIpc) is 3.89. The van der Waals surface area contributed by atoms with E-state index >= 15 is 0 Å². The number of carbonyl (C=O) groups excluding carboxylic acids is 2. The van der Waals surface area contributed by atoms with Crippen molar-refractivity contribution < 1.29 is 19.1 Å². The first-order valence-electron chi connectivity index (χ1n) is 16.9. The van der Waals surface area contributed by atoms with Gasteiger partial charge in [-0.25, -0.2) is 19.0 Å². The van der Waals surface area contributed by atoms with Gasteiger partial charge in [-0.1, -0.05) is 101 Å². The Morgan fingerprint density at radius 2 is 1.21 bits per heavy atom. The molecule has 2 atom stereocenters. The number of carbonyl (C=O) groups is 2. The van der Waals surface area contributed by atoms with Gasteiger partial charge in [0.15, 0.2) is 23.2 Å². The third-order valence-corrected chi connectivity index (χ3v) is 14.6. The van der Waals surface area contributed by atoms with Gasteiger partial charge in [-0.15, -0.1) is 11.8 Å². The molecular formula is C38H34N6O4S4. The Morgan fingerprint density at radius 1 is 0.692 bits per heavy atom. The second-order valence-corrected chi connectivity index (χ2v) is 19.8. The van der Waals surface area contributed by atoms with Gasteiger partial charge in [-0.3, -0.25) is 9.59 Å². The van der Waals surface area contributed by atoms with Crippen LogP contribution in [0, 0.1) is 0 Å². The number of aromatic nitrogens is 6. The molecule has 6 aromatic rings. The maximum absolute atomic E-state index is 12.8. The molecule has 6 heterocycles. The van der Waals surface area contributed by atoms with Gasteiger partial charge in [-0.2, -0.15) is 10.2 Å². The Bertz CT molecular complexity index is 2750. The molecule has 9 rings (SSSR count). The zero-order valence-electron chi connectivity index (χ0n) is 29.7. The van der Waals surface area contributed by atoms with Crippen LogP contribution in [0.5, 0.6) is 0 Å². The largest absolute Gasteiger partial charge is 0.455 e. The van der Waals surface area contributed by atoms with Crippen LogP contribution >= 0.6 is 47.0 Å². The third-order valence-electron chi connectivity index (χ3n) is 9.04. The molecule has 1 saturated heterocycles. The molecule has 52 heavy (non-hydrogen) atoms. The molecule has 14 heteroatoms. The number of rotatable bonds is 2. The number of thioether (sulfide) groups is 4. The quantitative estimate of drug-likeness (QED) is 0.166. The predicted molar refractivity (Wildman–Crippen MR) is 211 cm³/mol. The molecule has 0 bridgehead atoms. The maximum Gasteiger partial charge on any atom is 0.308 e. The molecule has 4 aromatic heterocycles. The zero-order chi connectivity index (χ0) is 36.4. The lowest BCUT2D eigenvalue weighted by molar-refractivity contribution is -0.144. The summed E-state index contributed by atoms with van der Waals surface area (Å²) in [4.78, 5) is 38.2. The summed E-state index contributed by atoms with van der Waals surface area (Å²) in [5.41, 5.74) is 6.37. The van der Waals surface area contributed by atoms with Gasteiger partial charge in [0.05, 0.1) is 72.3 Å². The molecular weight excluding hydrogens is 733 g/mol. The molecule has 0 radical (unpaired) electrons. The van der Waals surface area contributed by atoms with Crippen LogP contribution in [-0.4, -0.2) is 52.5 Å². The summed E-state index contributed by atoms with van der Waals surface area (Å²) >= 11 is 6.24. The van der Waals surface area contributed by atoms with E-state index in [2.05, 4.69) is 41.5 Å². The van der Waals surface area contributed by atoms with Crippen LogP contribution in [0.1, 0.15) is 66.8 Å². The van der Waals surface area contributed by atoms with Gasteiger partial charge >= 0.3 is 11.9 Å². The number of nitrogens with zero attached hydrogens (tertiary/aromatic N) is 6. The van der Waals surface area contributed by atoms with Crippen LogP contribution < -0.4 is 10.4 Å². The van der Waals surface area contributed by atoms with Gasteiger partial charge in [0, 0.05) is 24.7 Å². The Morgan fingerprint density at radius 3 is 1.73 bits per heavy atom. The number of ether oxygens (including phenoxy) is 2. The molecule has 0 saturated carbocycles. The maximum atomic E-state index is 12.8. The highest BCUT2D eigenvalue weighted by molar-refractivity contribution is 8.36. The van der Waals surface area contributed by atoms with Crippen molar-refractivity contribution in [3.63, 3.8) is 0 Å². The van der Waals surface area contributed by atoms with Crippen molar-refractivity contribution in [2.75, 3.05) is 0 Å². The first-order valence-corrected chi connectivity index (χ1v) is 20.2. The van der Waals surface area contributed by atoms with Crippen molar-refractivity contribution in [2.45, 2.75) is 77.6 Å². The lowest BCUT2D eigenvalue weighted by Crippen LogP contribution is -2.32. The second kappa shape index (κ2) is 11.8. The van der Waals surface area contributed by atoms with Crippen molar-refractivity contribution in [1.82, 2.24) is 29.2 Å². The minimum atomic E-state index is -0.626. The summed E-state index contributed by atoms with van der Waals surface area (Å²) in [6.45, 7) is 15.7. The first-order chi connectivity index (χ1) is 24.7. The van der Waals surface area contributed by atoms with Crippen LogP contribution in [-0.2, 0) is 29.9 Å². The van der Waals surface area contributed by atoms with E-state index in [1.807, 2.05) is 57.6 Å². The highest BCUT2D eigenvalue weighted by Gasteiger charge is 2.50. The predicted octanol–water partition coefficient (Wildman–Crippen LogP) is 7.20. The van der Waals surface area contributed by atoms with Crippen molar-refractivity contribution >= 4 is 101 Å². The normalized spacial score (nSPS) is 21.6. The Kier molecular flexibility index (Phi) is 7.65. The molecule has 1 aliphatic carbocycles. The average molecular weight is 767 g/mol. The molecule has 2 aliphatic heterocycles. The minimum absolute atomic E-state index is 0.293. The van der Waals surface area contributed by atoms with E-state index < -0.39 is 12.1 Å². The fourth-order valence-corrected chi connectivity index (χ4v) is 13.0. The second-order valence-electron chi connectivity index (χ2n) is 15.0. The smallest absolute Gasteiger partial charge is 0.308 e. The van der Waals surface area contributed by atoms with E-state index in [-0.39, 0.29) is 22.0 Å². The summed E-state index contributed by atoms with van der Waals surface area (Å²) in [5.74, 6) is -0.306. The monoisotopic (exact) mass is 766 g/mol. The van der Waals surface area contributed by atoms with Crippen LogP contribution in [0.2, 0.25) is 0 Å². The van der Waals surface area contributed by atoms with Crippen LogP contribution in [0.3, 0.4) is 0 Å². The molecule has 264 valence electrons. The summed E-state index contributed by atoms with van der Waals surface area (Å²) in [5, 5.41) is 11.8. The fraction of sp³-hybridized carbons (Fsp3) is 0.316. The van der Waals surface area contributed by atoms with Gasteiger partial charge in [-0.05, 0) is 24.3 Å². The van der Waals surface area contributed by atoms with Crippen LogP contribution in [0.25, 0.3) is 41.8 Å². The number of esters is 2. The van der Waals surface area contributed by atoms with Crippen molar-refractivity contribution in [2.24, 2.45) is 0 Å². The summed E-state index contributed by atoms with van der Waals surface area (Å²) < 4.78 is 18.2. The Hall–Kier alpha value is -3.98. The van der Waals surface area contributed by atoms with Crippen molar-refractivity contribution in [3.8, 4) is 0 Å². The van der Waals surface area contributed by atoms with Gasteiger partial charge in [0.1, 0.15) is 0 Å². The molecule has 1 fully saturated rings. The van der Waals surface area contributed by atoms with Crippen LogP contribution in [0.4, 0.5) is 0 Å². The highest BCUT2D eigenvalue weighted by atomic mass is 32.2. The lowest BCUT2D eigenvalue weighted by Gasteiger charge is -2.29. The van der Waals surface area contributed by atoms with E-state index in [0.29, 0.717) is 5.76 Å². The van der Waals surface area contributed by atoms with Crippen molar-refractivity contribution in [3.05, 3.63) is 90.8 Å². The molecule has 2 aromatic carbocycles. The molecule has 2 unspecified atom stereocenters. The third kappa shape index (κ3) is 5.19. The van der Waals surface area contributed by atoms with Crippen LogP contribution in [0.15, 0.2) is 69.0 Å². The summed E-state index contributed by atoms with van der Waals surface area (Å²) in [6, 6.07) is 16.0. The number of hydrogen-bond donors (Lipinski definition) is 0. The van der Waals surface area contributed by atoms with E-state index in [0.717, 1.165) is 78.4 Å². The highest BCUT2D eigenvalue weighted by Crippen LogP contribution is 2.65. The van der Waals surface area contributed by atoms with E-state index in [1.54, 1.807) is 35.3 Å². The van der Waals surface area contributed by atoms with E-state index in [1.165, 1.54) is 25.6 Å².